The summed E-state index contributed by atoms with van der Waals surface area (Å²) in [7, 11) is 1.63. The number of ether oxygens (including phenoxy) is 2. The molecule has 0 bridgehead atoms. The van der Waals surface area contributed by atoms with E-state index in [1.54, 1.807) is 23.1 Å². The van der Waals surface area contributed by atoms with Gasteiger partial charge in [0.15, 0.2) is 11.5 Å². The van der Waals surface area contributed by atoms with Crippen LogP contribution in [0.5, 0.6) is 11.5 Å². The minimum atomic E-state index is -0.193. The van der Waals surface area contributed by atoms with Crippen molar-refractivity contribution in [3.8, 4) is 16.6 Å². The number of nitrogens with one attached hydrogen (secondary N) is 1. The Hall–Kier alpha value is -3.39. The molecule has 4 aromatic rings. The number of thiazole rings is 1. The third-order valence-electron chi connectivity index (χ3n) is 5.87. The Kier molecular flexibility index (Phi) is 5.54. The summed E-state index contributed by atoms with van der Waals surface area (Å²) >= 11 is 1.56. The van der Waals surface area contributed by atoms with Gasteiger partial charge in [-0.3, -0.25) is 4.79 Å². The lowest BCUT2D eigenvalue weighted by Gasteiger charge is -2.26. The van der Waals surface area contributed by atoms with E-state index in [4.69, 9.17) is 19.6 Å². The number of fused-ring (bicyclic) bond motifs is 2. The van der Waals surface area contributed by atoms with E-state index in [1.165, 1.54) is 5.56 Å². The number of benzene rings is 2. The van der Waals surface area contributed by atoms with Gasteiger partial charge in [0.05, 0.1) is 29.6 Å². The predicted molar refractivity (Wildman–Crippen MR) is 130 cm³/mol. The number of aromatic nitrogens is 3. The zero-order valence-corrected chi connectivity index (χ0v) is 20.0. The Morgan fingerprint density at radius 2 is 2.09 bits per heavy atom. The first-order valence-corrected chi connectivity index (χ1v) is 11.9. The number of carbonyl (C=O) groups is 1. The first kappa shape index (κ1) is 21.5. The molecule has 1 atom stereocenters. The van der Waals surface area contributed by atoms with E-state index in [-0.39, 0.29) is 11.8 Å². The SMILES string of the molecule is CCCOc1c(OC)cccc1C1CC(=O)Nc2c1c(C)nn2-c1nc2ccc(C)cc2s1. The lowest BCUT2D eigenvalue weighted by Crippen LogP contribution is -2.25. The maximum absolute atomic E-state index is 12.9. The van der Waals surface area contributed by atoms with Crippen LogP contribution in [0.4, 0.5) is 5.82 Å². The summed E-state index contributed by atoms with van der Waals surface area (Å²) in [5.41, 5.74) is 4.88. The average molecular weight is 463 g/mol. The van der Waals surface area contributed by atoms with Crippen molar-refractivity contribution < 1.29 is 14.3 Å². The van der Waals surface area contributed by atoms with Crippen LogP contribution in [-0.4, -0.2) is 34.4 Å². The molecule has 0 radical (unpaired) electrons. The van der Waals surface area contributed by atoms with Crippen LogP contribution in [0.1, 0.15) is 48.1 Å². The lowest BCUT2D eigenvalue weighted by atomic mass is 9.85. The van der Waals surface area contributed by atoms with Crippen molar-refractivity contribution >= 4 is 33.3 Å². The topological polar surface area (TPSA) is 78.3 Å². The summed E-state index contributed by atoms with van der Waals surface area (Å²) in [5.74, 6) is 1.78. The van der Waals surface area contributed by atoms with E-state index in [1.807, 2.05) is 37.3 Å². The number of anilines is 1. The van der Waals surface area contributed by atoms with Gasteiger partial charge >= 0.3 is 0 Å². The number of hydrogen-bond donors (Lipinski definition) is 1. The average Bonchev–Trinajstić information content (AvgIpc) is 3.37. The number of methoxy groups -OCH3 is 1. The van der Waals surface area contributed by atoms with Crippen LogP contribution < -0.4 is 14.8 Å². The van der Waals surface area contributed by atoms with Crippen LogP contribution in [0.3, 0.4) is 0 Å². The highest BCUT2D eigenvalue weighted by Crippen LogP contribution is 2.46. The Balaban J connectivity index is 1.65. The molecule has 170 valence electrons. The highest BCUT2D eigenvalue weighted by molar-refractivity contribution is 7.20. The Morgan fingerprint density at radius 3 is 2.88 bits per heavy atom. The van der Waals surface area contributed by atoms with Crippen LogP contribution >= 0.6 is 11.3 Å². The molecular weight excluding hydrogens is 436 g/mol. The van der Waals surface area contributed by atoms with Gasteiger partial charge in [-0.2, -0.15) is 9.78 Å². The second kappa shape index (κ2) is 8.51. The molecule has 1 unspecified atom stereocenters. The summed E-state index contributed by atoms with van der Waals surface area (Å²) < 4.78 is 14.5. The van der Waals surface area contributed by atoms with Gasteiger partial charge in [0.25, 0.3) is 0 Å². The van der Waals surface area contributed by atoms with Gasteiger partial charge in [0, 0.05) is 23.5 Å². The normalized spacial score (nSPS) is 15.4. The van der Waals surface area contributed by atoms with Crippen molar-refractivity contribution in [2.75, 3.05) is 19.0 Å². The minimum absolute atomic E-state index is 0.0603. The molecule has 3 heterocycles. The maximum atomic E-state index is 12.9. The van der Waals surface area contributed by atoms with E-state index >= 15 is 0 Å². The highest BCUT2D eigenvalue weighted by Gasteiger charge is 2.35. The second-order valence-electron chi connectivity index (χ2n) is 8.26. The van der Waals surface area contributed by atoms with Crippen LogP contribution in [0, 0.1) is 13.8 Å². The fraction of sp³-hybridized carbons (Fsp3) is 0.320. The summed E-state index contributed by atoms with van der Waals surface area (Å²) in [5, 5.41) is 8.58. The smallest absolute Gasteiger partial charge is 0.226 e. The number of aryl methyl sites for hydroxylation is 2. The van der Waals surface area contributed by atoms with E-state index < -0.39 is 0 Å². The molecule has 0 saturated heterocycles. The molecule has 2 aromatic carbocycles. The molecule has 1 amide bonds. The largest absolute Gasteiger partial charge is 0.493 e. The van der Waals surface area contributed by atoms with Gasteiger partial charge in [-0.25, -0.2) is 4.98 Å². The molecular formula is C25H26N4O3S. The van der Waals surface area contributed by atoms with E-state index in [0.29, 0.717) is 30.3 Å². The number of nitrogens with zero attached hydrogens (tertiary/aromatic N) is 3. The number of hydrogen-bond acceptors (Lipinski definition) is 6. The molecule has 0 spiro atoms. The van der Waals surface area contributed by atoms with Gasteiger partial charge in [-0.15, -0.1) is 0 Å². The minimum Gasteiger partial charge on any atom is -0.493 e. The third kappa shape index (κ3) is 3.74. The molecule has 1 aliphatic heterocycles. The Bertz CT molecular complexity index is 1360. The predicted octanol–water partition coefficient (Wildman–Crippen LogP) is 5.37. The standard InChI is InChI=1S/C25H26N4O3S/c1-5-11-32-23-16(7-6-8-19(23)31-4)17-13-21(30)27-24-22(17)15(3)28-29(24)25-26-18-10-9-14(2)12-20(18)33-25/h6-10,12,17H,5,11,13H2,1-4H3,(H,27,30). The van der Waals surface area contributed by atoms with Gasteiger partial charge in [0.2, 0.25) is 11.0 Å². The van der Waals surface area contributed by atoms with Gasteiger partial charge in [0.1, 0.15) is 5.82 Å². The van der Waals surface area contributed by atoms with Crippen LogP contribution in [0.25, 0.3) is 15.3 Å². The van der Waals surface area contributed by atoms with E-state index in [2.05, 4.69) is 25.2 Å². The number of rotatable bonds is 6. The number of para-hydroxylation sites is 1. The number of amides is 1. The maximum Gasteiger partial charge on any atom is 0.226 e. The van der Waals surface area contributed by atoms with Crippen LogP contribution in [-0.2, 0) is 4.79 Å². The second-order valence-corrected chi connectivity index (χ2v) is 9.27. The molecule has 1 N–H and O–H groups in total. The van der Waals surface area contributed by atoms with Gasteiger partial charge in [-0.05, 0) is 44.0 Å². The first-order chi connectivity index (χ1) is 16.0. The van der Waals surface area contributed by atoms with Crippen molar-refractivity contribution in [2.24, 2.45) is 0 Å². The quantitative estimate of drug-likeness (QED) is 0.417. The third-order valence-corrected chi connectivity index (χ3v) is 6.87. The summed E-state index contributed by atoms with van der Waals surface area (Å²) in [6.45, 7) is 6.68. The highest BCUT2D eigenvalue weighted by atomic mass is 32.1. The molecule has 2 aromatic heterocycles. The van der Waals surface area contributed by atoms with Crippen molar-refractivity contribution in [1.82, 2.24) is 14.8 Å². The zero-order valence-electron chi connectivity index (χ0n) is 19.1. The zero-order chi connectivity index (χ0) is 23.1. The lowest BCUT2D eigenvalue weighted by molar-refractivity contribution is -0.116. The van der Waals surface area contributed by atoms with Crippen molar-refractivity contribution in [2.45, 2.75) is 39.5 Å². The first-order valence-electron chi connectivity index (χ1n) is 11.1. The summed E-state index contributed by atoms with van der Waals surface area (Å²) in [6.07, 6.45) is 1.19. The summed E-state index contributed by atoms with van der Waals surface area (Å²) in [6, 6.07) is 12.0. The monoisotopic (exact) mass is 462 g/mol. The fourth-order valence-electron chi connectivity index (χ4n) is 4.39. The Morgan fingerprint density at radius 1 is 1.24 bits per heavy atom. The molecule has 7 nitrogen and oxygen atoms in total. The molecule has 0 saturated carbocycles. The van der Waals surface area contributed by atoms with Crippen molar-refractivity contribution in [3.63, 3.8) is 0 Å². The van der Waals surface area contributed by atoms with Crippen LogP contribution in [0.2, 0.25) is 0 Å². The fourth-order valence-corrected chi connectivity index (χ4v) is 5.41. The molecule has 33 heavy (non-hydrogen) atoms. The molecule has 5 rings (SSSR count). The number of carbonyl (C=O) groups excluding carboxylic acids is 1. The summed E-state index contributed by atoms with van der Waals surface area (Å²) in [4.78, 5) is 17.6. The molecule has 8 heteroatoms. The van der Waals surface area contributed by atoms with Crippen molar-refractivity contribution in [3.05, 3.63) is 58.8 Å². The molecule has 1 aliphatic rings. The molecule has 0 fully saturated rings. The molecule has 0 aliphatic carbocycles. The van der Waals surface area contributed by atoms with Gasteiger partial charge in [-0.1, -0.05) is 36.5 Å². The van der Waals surface area contributed by atoms with Crippen LogP contribution in [0.15, 0.2) is 36.4 Å². The van der Waals surface area contributed by atoms with Crippen molar-refractivity contribution in [1.29, 1.82) is 0 Å². The Labute approximate surface area is 196 Å². The van der Waals surface area contributed by atoms with Gasteiger partial charge < -0.3 is 14.8 Å². The van der Waals surface area contributed by atoms with E-state index in [9.17, 15) is 4.79 Å². The van der Waals surface area contributed by atoms with E-state index in [0.717, 1.165) is 38.6 Å².